The molecule has 0 amide bonds. The predicted octanol–water partition coefficient (Wildman–Crippen LogP) is 7.14. The van der Waals surface area contributed by atoms with Gasteiger partial charge in [0.15, 0.2) is 0 Å². The topological polar surface area (TPSA) is 15.9 Å². The smallest absolute Gasteiger partial charge is 0.198 e. The molecule has 4 aromatic carbocycles. The molecule has 0 saturated carbocycles. The molecule has 0 radical (unpaired) electrons. The third-order valence-corrected chi connectivity index (χ3v) is 12.2. The van der Waals surface area contributed by atoms with E-state index in [1.165, 1.54) is 89.4 Å². The van der Waals surface area contributed by atoms with Crippen LogP contribution in [-0.4, -0.2) is 29.7 Å². The summed E-state index contributed by atoms with van der Waals surface area (Å²) in [5.41, 5.74) is 17.9. The van der Waals surface area contributed by atoms with E-state index < -0.39 is 5.91 Å². The summed E-state index contributed by atoms with van der Waals surface area (Å²) in [6, 6.07) is 53.8. The summed E-state index contributed by atoms with van der Waals surface area (Å²) in [5.74, 6) is -0.164. The summed E-state index contributed by atoms with van der Waals surface area (Å²) in [4.78, 5) is 0. The van der Waals surface area contributed by atoms with E-state index in [4.69, 9.17) is 0 Å². The van der Waals surface area contributed by atoms with Gasteiger partial charge in [0.05, 0.1) is 56.2 Å². The van der Waals surface area contributed by atoms with Crippen LogP contribution in [0, 0.1) is 11.8 Å². The number of benzene rings is 4. The molecule has 3 atom stereocenters. The van der Waals surface area contributed by atoms with Crippen LogP contribution in [0.1, 0.15) is 47.5 Å². The highest BCUT2D eigenvalue weighted by Gasteiger charge is 2.75. The van der Waals surface area contributed by atoms with Crippen LogP contribution in [0.5, 0.6) is 0 Å². The van der Waals surface area contributed by atoms with Crippen LogP contribution in [0.3, 0.4) is 0 Å². The van der Waals surface area contributed by atoms with Gasteiger partial charge in [0, 0.05) is 12.2 Å². The second-order valence-electron chi connectivity index (χ2n) is 14.6. The van der Waals surface area contributed by atoms with Crippen molar-refractivity contribution < 1.29 is 9.15 Å². The Balaban J connectivity index is 1.37. The fourth-order valence-corrected chi connectivity index (χ4v) is 10.2. The molecule has 51 heavy (non-hydrogen) atoms. The average molecular weight is 655 g/mol. The van der Waals surface area contributed by atoms with Gasteiger partial charge in [0.2, 0.25) is 22.8 Å². The van der Waals surface area contributed by atoms with Crippen molar-refractivity contribution in [3.63, 3.8) is 0 Å². The van der Waals surface area contributed by atoms with E-state index in [0.29, 0.717) is 0 Å². The fourth-order valence-electron chi connectivity index (χ4n) is 10.2. The lowest BCUT2D eigenvalue weighted by atomic mass is 9.85. The number of hydrogen-bond acceptors (Lipinski definition) is 0. The largest absolute Gasteiger partial charge is 0.553 e. The molecule has 8 heterocycles. The van der Waals surface area contributed by atoms with Crippen molar-refractivity contribution in [1.82, 2.24) is 9.13 Å². The molecule has 12 rings (SSSR count). The molecule has 240 valence electrons. The third kappa shape index (κ3) is 3.10. The molecule has 0 bridgehead atoms. The summed E-state index contributed by atoms with van der Waals surface area (Å²) in [6.07, 6.45) is 4.76. The maximum atomic E-state index is 2.79. The number of rotatable bonds is 4. The normalized spacial score (nSPS) is 23.1. The molecule has 4 heteroatoms. The Kier molecular flexibility index (Phi) is 5.13. The molecule has 2 aromatic heterocycles. The van der Waals surface area contributed by atoms with Gasteiger partial charge in [-0.15, -0.1) is 0 Å². The molecule has 0 aliphatic carbocycles. The highest BCUT2D eigenvalue weighted by atomic mass is 15.6. The van der Waals surface area contributed by atoms with E-state index in [1.807, 2.05) is 0 Å². The first kappa shape index (κ1) is 27.5. The van der Waals surface area contributed by atoms with Crippen LogP contribution in [0.25, 0.3) is 22.3 Å². The van der Waals surface area contributed by atoms with E-state index in [2.05, 4.69) is 190 Å². The monoisotopic (exact) mass is 654 g/mol. The Hall–Kier alpha value is -6.26. The Labute approximate surface area is 296 Å². The molecular weight excluding hydrogens is 621 g/mol. The molecule has 0 N–H and O–H groups in total. The minimum absolute atomic E-state index is 0.282. The van der Waals surface area contributed by atoms with Gasteiger partial charge in [-0.1, -0.05) is 144 Å². The van der Waals surface area contributed by atoms with Gasteiger partial charge in [-0.3, -0.25) is 0 Å². The minimum atomic E-state index is -0.729. The standard InChI is InChI=1S/C47H34N4/c1-29-30(2)46-44(34-21-13-6-14-22-34)40-28-26-38-42(32-17-9-4-10-18-32)36-24-23-35-41(31-15-7-3-8-16-31)37-25-27-39-43(33-19-11-5-12-20-33)45(29)51(46)47(48(35)36,49(37)39)50(38)40/h3-30H,1-2H3/q+2. The van der Waals surface area contributed by atoms with E-state index >= 15 is 0 Å². The van der Waals surface area contributed by atoms with Gasteiger partial charge in [0.1, 0.15) is 0 Å². The maximum absolute atomic E-state index is 2.79. The second-order valence-corrected chi connectivity index (χ2v) is 14.6. The first-order valence-corrected chi connectivity index (χ1v) is 18.1. The van der Waals surface area contributed by atoms with Crippen molar-refractivity contribution in [2.24, 2.45) is 11.8 Å². The second kappa shape index (κ2) is 9.49. The lowest BCUT2D eigenvalue weighted by Gasteiger charge is -2.41. The zero-order valence-corrected chi connectivity index (χ0v) is 28.5. The average Bonchev–Trinajstić information content (AvgIpc) is 3.99. The summed E-state index contributed by atoms with van der Waals surface area (Å²) < 4.78 is 10.9. The van der Waals surface area contributed by atoms with Crippen LogP contribution >= 0.6 is 0 Å². The zero-order chi connectivity index (χ0) is 33.6. The van der Waals surface area contributed by atoms with Crippen molar-refractivity contribution in [3.05, 3.63) is 213 Å². The summed E-state index contributed by atoms with van der Waals surface area (Å²) in [5, 5.41) is 2.50. The van der Waals surface area contributed by atoms with Gasteiger partial charge in [-0.05, 0) is 46.5 Å². The summed E-state index contributed by atoms with van der Waals surface area (Å²) in [7, 11) is 0. The van der Waals surface area contributed by atoms with Crippen molar-refractivity contribution in [1.29, 1.82) is 0 Å². The number of allylic oxidation sites excluding steroid dienone is 3. The quantitative estimate of drug-likeness (QED) is 0.180. The number of hydrogen-bond donors (Lipinski definition) is 0. The van der Waals surface area contributed by atoms with E-state index in [1.54, 1.807) is 0 Å². The lowest BCUT2D eigenvalue weighted by molar-refractivity contribution is -0.836. The maximum Gasteiger partial charge on any atom is 0.553 e. The van der Waals surface area contributed by atoms with Gasteiger partial charge in [-0.2, -0.15) is 9.13 Å². The highest BCUT2D eigenvalue weighted by Crippen LogP contribution is 2.55. The number of nitrogens with zero attached hydrogens (tertiary/aromatic N) is 4. The molecule has 6 aliphatic heterocycles. The van der Waals surface area contributed by atoms with E-state index in [9.17, 15) is 0 Å². The SMILES string of the molecule is CC1C2=C(c3ccccc3)c3ccc4n3C35n6c(ccc6=C(c6ccccc6)C(=[N+]23)C1C)=C(c1ccccc1)C1=[N+]5C(=C4c2ccccc2)C=C1. The Morgan fingerprint density at radius 1 is 0.451 bits per heavy atom. The van der Waals surface area contributed by atoms with Crippen LogP contribution in [0.2, 0.25) is 0 Å². The molecule has 4 nitrogen and oxygen atoms in total. The first-order valence-electron chi connectivity index (χ1n) is 18.1. The van der Waals surface area contributed by atoms with Crippen molar-refractivity contribution in [2.45, 2.75) is 19.8 Å². The van der Waals surface area contributed by atoms with Crippen molar-refractivity contribution in [3.8, 4) is 0 Å². The van der Waals surface area contributed by atoms with Gasteiger partial charge < -0.3 is 0 Å². The molecule has 1 spiro atoms. The fraction of sp³-hybridized carbons (Fsp3) is 0.106. The third-order valence-electron chi connectivity index (χ3n) is 12.2. The van der Waals surface area contributed by atoms with Gasteiger partial charge in [-0.25, -0.2) is 0 Å². The highest BCUT2D eigenvalue weighted by molar-refractivity contribution is 6.28. The number of aromatic nitrogens is 2. The lowest BCUT2D eigenvalue weighted by Crippen LogP contribution is -2.71. The van der Waals surface area contributed by atoms with Gasteiger partial charge in [0.25, 0.3) is 0 Å². The molecule has 6 aromatic rings. The predicted molar refractivity (Wildman–Crippen MR) is 202 cm³/mol. The summed E-state index contributed by atoms with van der Waals surface area (Å²) >= 11 is 0. The van der Waals surface area contributed by atoms with Crippen LogP contribution < -0.4 is 10.7 Å². The van der Waals surface area contributed by atoms with E-state index in [-0.39, 0.29) is 11.8 Å². The van der Waals surface area contributed by atoms with E-state index in [0.717, 1.165) is 0 Å². The molecule has 0 fully saturated rings. The Bertz CT molecular complexity index is 2840. The molecule has 6 aliphatic rings. The Morgan fingerprint density at radius 2 is 0.941 bits per heavy atom. The molecule has 3 unspecified atom stereocenters. The van der Waals surface area contributed by atoms with Crippen LogP contribution in [-0.2, 0) is 5.91 Å². The van der Waals surface area contributed by atoms with Crippen LogP contribution in [0.4, 0.5) is 0 Å². The van der Waals surface area contributed by atoms with Crippen molar-refractivity contribution >= 4 is 33.7 Å². The summed E-state index contributed by atoms with van der Waals surface area (Å²) in [6.45, 7) is 4.91. The minimum Gasteiger partial charge on any atom is -0.198 e. The molecule has 0 saturated heterocycles. The first-order chi connectivity index (χ1) is 25.2. The van der Waals surface area contributed by atoms with Crippen molar-refractivity contribution in [2.75, 3.05) is 0 Å². The molecular formula is C47H34N4+2. The van der Waals surface area contributed by atoms with Crippen LogP contribution in [0.15, 0.2) is 169 Å². The van der Waals surface area contributed by atoms with Gasteiger partial charge >= 0.3 is 5.91 Å². The Morgan fingerprint density at radius 3 is 1.53 bits per heavy atom. The zero-order valence-electron chi connectivity index (χ0n) is 28.5.